The summed E-state index contributed by atoms with van der Waals surface area (Å²) in [5.41, 5.74) is 2.11. The Labute approximate surface area is 205 Å². The topological polar surface area (TPSA) is 79.2 Å². The van der Waals surface area contributed by atoms with Crippen molar-refractivity contribution in [3.05, 3.63) is 83.7 Å². The molecule has 4 atom stereocenters. The van der Waals surface area contributed by atoms with Crippen LogP contribution in [0.3, 0.4) is 0 Å². The van der Waals surface area contributed by atoms with Gasteiger partial charge in [0.05, 0.1) is 17.8 Å². The molecule has 0 spiro atoms. The Balaban J connectivity index is 0.00000167. The first-order valence-electron chi connectivity index (χ1n) is 12.0. The van der Waals surface area contributed by atoms with E-state index < -0.39 is 23.8 Å². The first-order chi connectivity index (χ1) is 16.8. The lowest BCUT2D eigenvalue weighted by atomic mass is 9.98. The van der Waals surface area contributed by atoms with Gasteiger partial charge in [0.1, 0.15) is 11.6 Å². The summed E-state index contributed by atoms with van der Waals surface area (Å²) in [6.45, 7) is 7.70. The van der Waals surface area contributed by atoms with Gasteiger partial charge < -0.3 is 15.7 Å². The number of hydrogen-bond acceptors (Lipinski definition) is 4. The van der Waals surface area contributed by atoms with E-state index in [0.29, 0.717) is 11.5 Å². The molecule has 1 heterocycles. The highest BCUT2D eigenvalue weighted by atomic mass is 19.1. The van der Waals surface area contributed by atoms with Gasteiger partial charge in [0.25, 0.3) is 0 Å². The third kappa shape index (κ3) is 6.52. The Morgan fingerprint density at radius 3 is 2.46 bits per heavy atom. The molecule has 0 aliphatic heterocycles. The minimum Gasteiger partial charge on any atom is -0.390 e. The molecule has 1 amide bonds. The highest BCUT2D eigenvalue weighted by Gasteiger charge is 2.52. The number of amides is 1. The summed E-state index contributed by atoms with van der Waals surface area (Å²) in [4.78, 5) is 11.7. The molecular weight excluding hydrogens is 450 g/mol. The van der Waals surface area contributed by atoms with E-state index in [9.17, 15) is 18.7 Å². The fourth-order valence-corrected chi connectivity index (χ4v) is 4.48. The van der Waals surface area contributed by atoms with Crippen molar-refractivity contribution in [3.63, 3.8) is 0 Å². The van der Waals surface area contributed by atoms with Gasteiger partial charge in [-0.05, 0) is 60.2 Å². The van der Waals surface area contributed by atoms with Crippen LogP contribution in [0, 0.1) is 17.6 Å². The van der Waals surface area contributed by atoms with Gasteiger partial charge in [-0.3, -0.25) is 4.79 Å². The molecule has 35 heavy (non-hydrogen) atoms. The summed E-state index contributed by atoms with van der Waals surface area (Å²) < 4.78 is 29.0. The van der Waals surface area contributed by atoms with Crippen molar-refractivity contribution in [3.8, 4) is 5.69 Å². The Hall–Kier alpha value is -3.10. The van der Waals surface area contributed by atoms with Crippen LogP contribution in [0.4, 0.5) is 8.78 Å². The van der Waals surface area contributed by atoms with Crippen molar-refractivity contribution in [2.45, 2.75) is 58.2 Å². The molecule has 8 heteroatoms. The van der Waals surface area contributed by atoms with Crippen LogP contribution in [0.15, 0.2) is 60.9 Å². The highest BCUT2D eigenvalue weighted by Crippen LogP contribution is 2.51. The standard InChI is InChI=1S/C25H28F2N4O2.C2H6/c1-16-14-25(16,19-5-3-6-22(12-19)31-8-4-7-29-31)28-15-24(33)23(30-17(2)32)11-18-9-20(26)13-21(27)10-18;1-2/h3-10,12-13,16,23-24,28,33H,11,14-15H2,1-2H3,(H,30,32);1-2H3. The zero-order valence-corrected chi connectivity index (χ0v) is 20.6. The molecule has 4 rings (SSSR count). The van der Waals surface area contributed by atoms with Gasteiger partial charge in [-0.25, -0.2) is 13.5 Å². The molecule has 188 valence electrons. The number of rotatable bonds is 9. The second kappa shape index (κ2) is 11.6. The minimum absolute atomic E-state index is 0.106. The van der Waals surface area contributed by atoms with Crippen molar-refractivity contribution in [2.75, 3.05) is 6.54 Å². The molecule has 1 fully saturated rings. The van der Waals surface area contributed by atoms with Crippen LogP contribution in [0.1, 0.15) is 45.2 Å². The Kier molecular flexibility index (Phi) is 8.75. The van der Waals surface area contributed by atoms with Crippen LogP contribution in [0.25, 0.3) is 5.69 Å². The summed E-state index contributed by atoms with van der Waals surface area (Å²) in [5, 5.41) is 21.4. The van der Waals surface area contributed by atoms with Crippen molar-refractivity contribution in [1.82, 2.24) is 20.4 Å². The highest BCUT2D eigenvalue weighted by molar-refractivity contribution is 5.73. The molecule has 3 aromatic rings. The van der Waals surface area contributed by atoms with Crippen LogP contribution in [-0.2, 0) is 16.8 Å². The maximum atomic E-state index is 13.6. The van der Waals surface area contributed by atoms with Gasteiger partial charge >= 0.3 is 0 Å². The van der Waals surface area contributed by atoms with Crippen LogP contribution in [0.5, 0.6) is 0 Å². The number of carbonyl (C=O) groups is 1. The molecule has 0 bridgehead atoms. The quantitative estimate of drug-likeness (QED) is 0.427. The van der Waals surface area contributed by atoms with Crippen LogP contribution in [0.2, 0.25) is 0 Å². The Morgan fingerprint density at radius 2 is 1.89 bits per heavy atom. The van der Waals surface area contributed by atoms with E-state index in [1.807, 2.05) is 38.2 Å². The van der Waals surface area contributed by atoms with Gasteiger partial charge in [-0.2, -0.15) is 5.10 Å². The summed E-state index contributed by atoms with van der Waals surface area (Å²) in [6, 6.07) is 12.5. The van der Waals surface area contributed by atoms with Crippen molar-refractivity contribution < 1.29 is 18.7 Å². The number of carbonyl (C=O) groups excluding carboxylic acids is 1. The fourth-order valence-electron chi connectivity index (χ4n) is 4.48. The van der Waals surface area contributed by atoms with E-state index in [1.54, 1.807) is 10.9 Å². The predicted molar refractivity (Wildman–Crippen MR) is 132 cm³/mol. The van der Waals surface area contributed by atoms with Gasteiger partial charge in [-0.1, -0.05) is 32.9 Å². The molecule has 0 radical (unpaired) electrons. The molecule has 1 saturated carbocycles. The zero-order chi connectivity index (χ0) is 25.6. The number of aliphatic hydroxyl groups is 1. The van der Waals surface area contributed by atoms with Crippen molar-refractivity contribution in [1.29, 1.82) is 0 Å². The van der Waals surface area contributed by atoms with E-state index >= 15 is 0 Å². The van der Waals surface area contributed by atoms with Gasteiger partial charge in [0.2, 0.25) is 5.91 Å². The average Bonchev–Trinajstić information content (AvgIpc) is 3.20. The number of halogens is 2. The van der Waals surface area contributed by atoms with Gasteiger partial charge in [-0.15, -0.1) is 0 Å². The smallest absolute Gasteiger partial charge is 0.217 e. The second-order valence-corrected chi connectivity index (χ2v) is 8.81. The Morgan fingerprint density at radius 1 is 1.20 bits per heavy atom. The van der Waals surface area contributed by atoms with E-state index in [1.165, 1.54) is 19.1 Å². The average molecular weight is 485 g/mol. The number of nitrogens with one attached hydrogen (secondary N) is 2. The summed E-state index contributed by atoms with van der Waals surface area (Å²) in [6.07, 6.45) is 3.66. The molecule has 4 unspecified atom stereocenters. The lowest BCUT2D eigenvalue weighted by Crippen LogP contribution is -2.50. The zero-order valence-electron chi connectivity index (χ0n) is 20.6. The van der Waals surface area contributed by atoms with Crippen molar-refractivity contribution in [2.24, 2.45) is 5.92 Å². The predicted octanol–water partition coefficient (Wildman–Crippen LogP) is 4.11. The summed E-state index contributed by atoms with van der Waals surface area (Å²) in [5.74, 6) is -1.35. The summed E-state index contributed by atoms with van der Waals surface area (Å²) >= 11 is 0. The first-order valence-corrected chi connectivity index (χ1v) is 12.0. The number of benzene rings is 2. The lowest BCUT2D eigenvalue weighted by molar-refractivity contribution is -0.120. The third-order valence-corrected chi connectivity index (χ3v) is 6.30. The minimum atomic E-state index is -0.959. The normalized spacial score (nSPS) is 20.4. The van der Waals surface area contributed by atoms with E-state index in [4.69, 9.17) is 0 Å². The van der Waals surface area contributed by atoms with Gasteiger partial charge in [0.15, 0.2) is 0 Å². The Bertz CT molecular complexity index is 1100. The number of aromatic nitrogens is 2. The van der Waals surface area contributed by atoms with Crippen LogP contribution in [-0.4, -0.2) is 39.5 Å². The molecule has 2 aromatic carbocycles. The third-order valence-electron chi connectivity index (χ3n) is 6.30. The molecule has 3 N–H and O–H groups in total. The molecule has 6 nitrogen and oxygen atoms in total. The van der Waals surface area contributed by atoms with Gasteiger partial charge in [0, 0.05) is 37.5 Å². The molecule has 1 aliphatic carbocycles. The summed E-state index contributed by atoms with van der Waals surface area (Å²) in [7, 11) is 0. The monoisotopic (exact) mass is 484 g/mol. The molecule has 0 saturated heterocycles. The lowest BCUT2D eigenvalue weighted by Gasteiger charge is -2.27. The van der Waals surface area contributed by atoms with Crippen LogP contribution < -0.4 is 10.6 Å². The van der Waals surface area contributed by atoms with E-state index in [-0.39, 0.29) is 24.4 Å². The number of nitrogens with zero attached hydrogens (tertiary/aromatic N) is 2. The number of aliphatic hydroxyl groups excluding tert-OH is 1. The van der Waals surface area contributed by atoms with E-state index in [0.717, 1.165) is 23.7 Å². The van der Waals surface area contributed by atoms with Crippen molar-refractivity contribution >= 4 is 5.91 Å². The van der Waals surface area contributed by atoms with E-state index in [2.05, 4.69) is 34.8 Å². The molecule has 1 aromatic heterocycles. The molecular formula is C27H34F2N4O2. The maximum Gasteiger partial charge on any atom is 0.217 e. The second-order valence-electron chi connectivity index (χ2n) is 8.81. The molecule has 1 aliphatic rings. The maximum absolute atomic E-state index is 13.6. The first kappa shape index (κ1) is 26.5. The largest absolute Gasteiger partial charge is 0.390 e. The van der Waals surface area contributed by atoms with Crippen LogP contribution >= 0.6 is 0 Å². The SMILES string of the molecule is CC.CC(=O)NC(Cc1cc(F)cc(F)c1)C(O)CNC1(c2cccc(-n3cccn3)c2)CC1C. The number of hydrogen-bond donors (Lipinski definition) is 3. The fraction of sp³-hybridized carbons (Fsp3) is 0.407.